The van der Waals surface area contributed by atoms with Gasteiger partial charge in [0.15, 0.2) is 5.69 Å². The first-order valence-corrected chi connectivity index (χ1v) is 4.40. The average Bonchev–Trinajstić information content (AvgIpc) is 2.33. The molecule has 0 amide bonds. The zero-order chi connectivity index (χ0) is 8.85. The van der Waals surface area contributed by atoms with Gasteiger partial charge in [-0.15, -0.1) is 11.3 Å². The van der Waals surface area contributed by atoms with E-state index in [1.165, 1.54) is 0 Å². The van der Waals surface area contributed by atoms with E-state index in [1.54, 1.807) is 11.3 Å². The van der Waals surface area contributed by atoms with Crippen molar-refractivity contribution in [1.29, 1.82) is 5.26 Å². The molecule has 0 aromatic carbocycles. The molecule has 0 saturated heterocycles. The van der Waals surface area contributed by atoms with Crippen LogP contribution in [0.1, 0.15) is 29.4 Å². The Morgan fingerprint density at radius 3 is 2.09 bits per heavy atom. The summed E-state index contributed by atoms with van der Waals surface area (Å²) in [7, 11) is 0. The highest BCUT2D eigenvalue weighted by molar-refractivity contribution is 7.11. The SMILES string of the molecule is CC.Cc1nc(C#N)c(C)s1. The van der Waals surface area contributed by atoms with Crippen LogP contribution in [0.25, 0.3) is 0 Å². The monoisotopic (exact) mass is 168 g/mol. The maximum Gasteiger partial charge on any atom is 0.154 e. The summed E-state index contributed by atoms with van der Waals surface area (Å²) in [4.78, 5) is 5.00. The van der Waals surface area contributed by atoms with E-state index in [2.05, 4.69) is 4.98 Å². The van der Waals surface area contributed by atoms with Crippen molar-refractivity contribution in [3.8, 4) is 6.07 Å². The molecule has 60 valence electrons. The molecule has 1 aromatic heterocycles. The number of hydrogen-bond acceptors (Lipinski definition) is 3. The Morgan fingerprint density at radius 1 is 1.36 bits per heavy atom. The Kier molecular flexibility index (Phi) is 4.47. The fourth-order valence-electron chi connectivity index (χ4n) is 0.633. The van der Waals surface area contributed by atoms with Gasteiger partial charge in [-0.25, -0.2) is 4.98 Å². The highest BCUT2D eigenvalue weighted by atomic mass is 32.1. The van der Waals surface area contributed by atoms with Crippen LogP contribution in [0.4, 0.5) is 0 Å². The molecule has 1 rings (SSSR count). The molecule has 0 unspecified atom stereocenters. The van der Waals surface area contributed by atoms with E-state index in [0.717, 1.165) is 9.88 Å². The first-order valence-electron chi connectivity index (χ1n) is 3.58. The standard InChI is InChI=1S/C6H6N2S.C2H6/c1-4-6(3-7)8-5(2)9-4;1-2/h1-2H3;1-2H3. The maximum atomic E-state index is 8.43. The van der Waals surface area contributed by atoms with Crippen LogP contribution in [-0.2, 0) is 0 Å². The summed E-state index contributed by atoms with van der Waals surface area (Å²) in [6.07, 6.45) is 0. The molecular weight excluding hydrogens is 156 g/mol. The van der Waals surface area contributed by atoms with Gasteiger partial charge < -0.3 is 0 Å². The number of thiazole rings is 1. The smallest absolute Gasteiger partial charge is 0.154 e. The Bertz CT molecular complexity index is 258. The van der Waals surface area contributed by atoms with Crippen molar-refractivity contribution in [2.75, 3.05) is 0 Å². The molecule has 0 aliphatic heterocycles. The van der Waals surface area contributed by atoms with Gasteiger partial charge in [-0.3, -0.25) is 0 Å². The summed E-state index contributed by atoms with van der Waals surface area (Å²) in [6.45, 7) is 7.81. The van der Waals surface area contributed by atoms with Crippen molar-refractivity contribution >= 4 is 11.3 Å². The third kappa shape index (κ3) is 2.69. The molecule has 1 heterocycles. The minimum atomic E-state index is 0.567. The summed E-state index contributed by atoms with van der Waals surface area (Å²) in [5.74, 6) is 0. The van der Waals surface area contributed by atoms with Gasteiger partial charge in [0.25, 0.3) is 0 Å². The Hall–Kier alpha value is -0.880. The van der Waals surface area contributed by atoms with Crippen molar-refractivity contribution in [2.24, 2.45) is 0 Å². The summed E-state index contributed by atoms with van der Waals surface area (Å²) >= 11 is 1.56. The van der Waals surface area contributed by atoms with Crippen molar-refractivity contribution in [3.63, 3.8) is 0 Å². The molecule has 0 spiro atoms. The van der Waals surface area contributed by atoms with Gasteiger partial charge in [-0.05, 0) is 13.8 Å². The second kappa shape index (κ2) is 4.86. The van der Waals surface area contributed by atoms with E-state index >= 15 is 0 Å². The van der Waals surface area contributed by atoms with Crippen LogP contribution in [0.3, 0.4) is 0 Å². The van der Waals surface area contributed by atoms with Gasteiger partial charge >= 0.3 is 0 Å². The lowest BCUT2D eigenvalue weighted by Gasteiger charge is -1.74. The van der Waals surface area contributed by atoms with Gasteiger partial charge in [0.1, 0.15) is 6.07 Å². The molecule has 11 heavy (non-hydrogen) atoms. The molecule has 0 bridgehead atoms. The topological polar surface area (TPSA) is 36.7 Å². The first kappa shape index (κ1) is 10.1. The van der Waals surface area contributed by atoms with Crippen LogP contribution >= 0.6 is 11.3 Å². The summed E-state index contributed by atoms with van der Waals surface area (Å²) in [6, 6.07) is 2.02. The number of aryl methyl sites for hydroxylation is 2. The number of hydrogen-bond donors (Lipinski definition) is 0. The second-order valence-corrected chi connectivity index (χ2v) is 3.16. The van der Waals surface area contributed by atoms with Gasteiger partial charge in [-0.2, -0.15) is 5.26 Å². The van der Waals surface area contributed by atoms with Gasteiger partial charge in [0.05, 0.1) is 5.01 Å². The molecule has 3 heteroatoms. The minimum Gasteiger partial charge on any atom is -0.231 e. The van der Waals surface area contributed by atoms with E-state index in [9.17, 15) is 0 Å². The van der Waals surface area contributed by atoms with E-state index in [4.69, 9.17) is 5.26 Å². The van der Waals surface area contributed by atoms with Gasteiger partial charge in [0.2, 0.25) is 0 Å². The fraction of sp³-hybridized carbons (Fsp3) is 0.500. The minimum absolute atomic E-state index is 0.567. The summed E-state index contributed by atoms with van der Waals surface area (Å²) in [5, 5.41) is 9.39. The number of rotatable bonds is 0. The predicted molar refractivity (Wildman–Crippen MR) is 47.7 cm³/mol. The highest BCUT2D eigenvalue weighted by Gasteiger charge is 2.00. The van der Waals surface area contributed by atoms with E-state index in [1.807, 2.05) is 33.8 Å². The highest BCUT2D eigenvalue weighted by Crippen LogP contribution is 2.14. The molecule has 2 nitrogen and oxygen atoms in total. The third-order valence-corrected chi connectivity index (χ3v) is 1.90. The van der Waals surface area contributed by atoms with Crippen LogP contribution in [0.5, 0.6) is 0 Å². The van der Waals surface area contributed by atoms with Crippen LogP contribution in [0.15, 0.2) is 0 Å². The van der Waals surface area contributed by atoms with Crippen LogP contribution in [0, 0.1) is 25.2 Å². The van der Waals surface area contributed by atoms with Crippen LogP contribution in [-0.4, -0.2) is 4.98 Å². The van der Waals surface area contributed by atoms with E-state index < -0.39 is 0 Å². The number of aromatic nitrogens is 1. The lowest BCUT2D eigenvalue weighted by molar-refractivity contribution is 1.23. The lowest BCUT2D eigenvalue weighted by Crippen LogP contribution is -1.74. The molecule has 0 N–H and O–H groups in total. The second-order valence-electron chi connectivity index (χ2n) is 1.75. The molecule has 1 aromatic rings. The predicted octanol–water partition coefficient (Wildman–Crippen LogP) is 2.66. The van der Waals surface area contributed by atoms with Gasteiger partial charge in [0, 0.05) is 4.88 Å². The van der Waals surface area contributed by atoms with E-state index in [-0.39, 0.29) is 0 Å². The molecule has 0 aliphatic carbocycles. The normalized spacial score (nSPS) is 7.91. The zero-order valence-corrected chi connectivity index (χ0v) is 8.12. The number of nitrogens with zero attached hydrogens (tertiary/aromatic N) is 2. The molecule has 0 saturated carbocycles. The zero-order valence-electron chi connectivity index (χ0n) is 7.30. The molecule has 0 atom stereocenters. The van der Waals surface area contributed by atoms with Crippen LogP contribution < -0.4 is 0 Å². The quantitative estimate of drug-likeness (QED) is 0.597. The Labute approximate surface area is 71.5 Å². The van der Waals surface area contributed by atoms with Crippen LogP contribution in [0.2, 0.25) is 0 Å². The first-order chi connectivity index (χ1) is 5.24. The van der Waals surface area contributed by atoms with Crippen molar-refractivity contribution < 1.29 is 0 Å². The lowest BCUT2D eigenvalue weighted by atomic mass is 10.4. The fourth-order valence-corrected chi connectivity index (χ4v) is 1.40. The largest absolute Gasteiger partial charge is 0.231 e. The summed E-state index contributed by atoms with van der Waals surface area (Å²) < 4.78 is 0. The Morgan fingerprint density at radius 2 is 1.91 bits per heavy atom. The molecule has 0 radical (unpaired) electrons. The third-order valence-electron chi connectivity index (χ3n) is 1.01. The van der Waals surface area contributed by atoms with Crippen molar-refractivity contribution in [2.45, 2.75) is 27.7 Å². The molecule has 0 fully saturated rings. The molecule has 0 aliphatic rings. The number of nitriles is 1. The maximum absolute atomic E-state index is 8.43. The summed E-state index contributed by atoms with van der Waals surface area (Å²) in [5.41, 5.74) is 0.567. The van der Waals surface area contributed by atoms with Crippen molar-refractivity contribution in [3.05, 3.63) is 15.6 Å². The van der Waals surface area contributed by atoms with Crippen molar-refractivity contribution in [1.82, 2.24) is 4.98 Å². The van der Waals surface area contributed by atoms with E-state index in [0.29, 0.717) is 5.69 Å². The Balaban J connectivity index is 0.000000461. The average molecular weight is 168 g/mol. The van der Waals surface area contributed by atoms with Gasteiger partial charge in [-0.1, -0.05) is 13.8 Å². The molecular formula is C8H12N2S.